The number of hydrogen-bond acceptors (Lipinski definition) is 4. The molecule has 1 saturated heterocycles. The van der Waals surface area contributed by atoms with Crippen molar-refractivity contribution in [3.8, 4) is 0 Å². The summed E-state index contributed by atoms with van der Waals surface area (Å²) in [7, 11) is 0. The van der Waals surface area contributed by atoms with Crippen molar-refractivity contribution < 1.29 is 14.3 Å². The van der Waals surface area contributed by atoms with E-state index in [1.54, 1.807) is 12.4 Å². The van der Waals surface area contributed by atoms with Gasteiger partial charge in [-0.2, -0.15) is 0 Å². The van der Waals surface area contributed by atoms with Crippen LogP contribution < -0.4 is 5.32 Å². The summed E-state index contributed by atoms with van der Waals surface area (Å²) in [6.07, 6.45) is 3.22. The number of pyridine rings is 1. The lowest BCUT2D eigenvalue weighted by Gasteiger charge is -2.34. The Bertz CT molecular complexity index is 1100. The van der Waals surface area contributed by atoms with Gasteiger partial charge in [0.25, 0.3) is 5.91 Å². The highest BCUT2D eigenvalue weighted by Crippen LogP contribution is 2.47. The third-order valence-electron chi connectivity index (χ3n) is 6.18. The van der Waals surface area contributed by atoms with Crippen molar-refractivity contribution in [2.24, 2.45) is 0 Å². The zero-order valence-electron chi connectivity index (χ0n) is 17.0. The van der Waals surface area contributed by atoms with Gasteiger partial charge in [0.15, 0.2) is 0 Å². The van der Waals surface area contributed by atoms with Crippen LogP contribution in [-0.2, 0) is 28.2 Å². The second-order valence-corrected chi connectivity index (χ2v) is 8.02. The summed E-state index contributed by atoms with van der Waals surface area (Å²) in [4.78, 5) is 32.2. The predicted octanol–water partition coefficient (Wildman–Crippen LogP) is 3.04. The molecule has 156 valence electrons. The molecule has 0 unspecified atom stereocenters. The van der Waals surface area contributed by atoms with Crippen LogP contribution in [0.25, 0.3) is 0 Å². The van der Waals surface area contributed by atoms with Gasteiger partial charge < -0.3 is 15.0 Å². The minimum atomic E-state index is -0.637. The van der Waals surface area contributed by atoms with Crippen LogP contribution in [-0.4, -0.2) is 34.4 Å². The summed E-state index contributed by atoms with van der Waals surface area (Å²) in [6, 6.07) is 21.1. The molecule has 2 amide bonds. The fraction of sp³-hybridized carbons (Fsp3) is 0.240. The molecule has 0 bridgehead atoms. The third kappa shape index (κ3) is 3.49. The Kier molecular flexibility index (Phi) is 5.00. The molecule has 1 N–H and O–H groups in total. The number of rotatable bonds is 4. The Balaban J connectivity index is 1.39. The van der Waals surface area contributed by atoms with Crippen LogP contribution in [0.4, 0.5) is 0 Å². The zero-order valence-corrected chi connectivity index (χ0v) is 17.0. The zero-order chi connectivity index (χ0) is 21.3. The van der Waals surface area contributed by atoms with Crippen molar-refractivity contribution in [1.82, 2.24) is 15.2 Å². The highest BCUT2D eigenvalue weighted by Gasteiger charge is 2.54. The van der Waals surface area contributed by atoms with E-state index in [1.165, 1.54) is 0 Å². The smallest absolute Gasteiger partial charge is 0.254 e. The number of ether oxygens (including phenoxy) is 1. The molecule has 6 nitrogen and oxygen atoms in total. The van der Waals surface area contributed by atoms with Crippen molar-refractivity contribution in [2.45, 2.75) is 31.2 Å². The third-order valence-corrected chi connectivity index (χ3v) is 6.18. The average Bonchev–Trinajstić information content (AvgIpc) is 3.41. The summed E-state index contributed by atoms with van der Waals surface area (Å²) in [5.41, 5.74) is 3.16. The van der Waals surface area contributed by atoms with Crippen LogP contribution in [0.1, 0.15) is 33.5 Å². The molecule has 31 heavy (non-hydrogen) atoms. The van der Waals surface area contributed by atoms with Gasteiger partial charge in [0, 0.05) is 37.5 Å². The highest BCUT2D eigenvalue weighted by atomic mass is 16.5. The Labute approximate surface area is 180 Å². The van der Waals surface area contributed by atoms with Gasteiger partial charge in [-0.15, -0.1) is 0 Å². The van der Waals surface area contributed by atoms with Crippen LogP contribution in [0.15, 0.2) is 79.1 Å². The number of benzene rings is 2. The molecule has 0 radical (unpaired) electrons. The lowest BCUT2D eigenvalue weighted by atomic mass is 9.86. The second kappa shape index (κ2) is 7.96. The second-order valence-electron chi connectivity index (χ2n) is 8.02. The molecule has 1 aromatic heterocycles. The fourth-order valence-corrected chi connectivity index (χ4v) is 4.59. The van der Waals surface area contributed by atoms with Gasteiger partial charge in [0.2, 0.25) is 5.91 Å². The topological polar surface area (TPSA) is 71.5 Å². The number of aromatic nitrogens is 1. The van der Waals surface area contributed by atoms with Crippen LogP contribution in [0, 0.1) is 0 Å². The normalized spacial score (nSPS) is 21.8. The summed E-state index contributed by atoms with van der Waals surface area (Å²) >= 11 is 0. The maximum atomic E-state index is 13.4. The summed E-state index contributed by atoms with van der Waals surface area (Å²) in [5, 5.41) is 2.95. The number of nitrogens with one attached hydrogen (secondary N) is 1. The molecule has 2 aliphatic rings. The highest BCUT2D eigenvalue weighted by molar-refractivity contribution is 5.95. The lowest BCUT2D eigenvalue weighted by Crippen LogP contribution is -2.46. The van der Waals surface area contributed by atoms with E-state index in [-0.39, 0.29) is 11.8 Å². The average molecular weight is 413 g/mol. The predicted molar refractivity (Wildman–Crippen MR) is 115 cm³/mol. The fourth-order valence-electron chi connectivity index (χ4n) is 4.59. The molecule has 1 fully saturated rings. The van der Waals surface area contributed by atoms with Crippen molar-refractivity contribution in [2.75, 3.05) is 6.61 Å². The molecule has 3 aromatic rings. The first kappa shape index (κ1) is 19.5. The van der Waals surface area contributed by atoms with Crippen molar-refractivity contribution >= 4 is 11.8 Å². The van der Waals surface area contributed by atoms with E-state index in [0.29, 0.717) is 31.7 Å². The first-order chi connectivity index (χ1) is 15.2. The molecular weight excluding hydrogens is 390 g/mol. The van der Waals surface area contributed by atoms with E-state index >= 15 is 0 Å². The van der Waals surface area contributed by atoms with Gasteiger partial charge in [-0.25, -0.2) is 0 Å². The maximum absolute atomic E-state index is 13.4. The number of fused-ring (bicyclic) bond motifs is 2. The number of nitrogens with zero attached hydrogens (tertiary/aromatic N) is 2. The molecule has 1 spiro atoms. The van der Waals surface area contributed by atoms with Crippen LogP contribution in [0.5, 0.6) is 0 Å². The summed E-state index contributed by atoms with van der Waals surface area (Å²) in [5.74, 6) is -0.205. The first-order valence-electron chi connectivity index (χ1n) is 10.4. The van der Waals surface area contributed by atoms with Gasteiger partial charge >= 0.3 is 0 Å². The number of amides is 2. The minimum absolute atomic E-state index is 0.0433. The van der Waals surface area contributed by atoms with Gasteiger partial charge in [-0.05, 0) is 41.0 Å². The van der Waals surface area contributed by atoms with Gasteiger partial charge in [-0.3, -0.25) is 14.6 Å². The van der Waals surface area contributed by atoms with Crippen molar-refractivity contribution in [3.63, 3.8) is 0 Å². The van der Waals surface area contributed by atoms with Gasteiger partial charge in [0.1, 0.15) is 6.10 Å². The van der Waals surface area contributed by atoms with E-state index in [2.05, 4.69) is 10.3 Å². The molecule has 3 heterocycles. The minimum Gasteiger partial charge on any atom is -0.365 e. The molecule has 0 aliphatic carbocycles. The van der Waals surface area contributed by atoms with Gasteiger partial charge in [0.05, 0.1) is 12.1 Å². The first-order valence-corrected chi connectivity index (χ1v) is 10.4. The van der Waals surface area contributed by atoms with E-state index in [9.17, 15) is 9.59 Å². The largest absolute Gasteiger partial charge is 0.365 e. The quantitative estimate of drug-likeness (QED) is 0.714. The Morgan fingerprint density at radius 3 is 2.58 bits per heavy atom. The molecular formula is C25H23N3O3. The molecule has 5 rings (SSSR count). The Morgan fingerprint density at radius 2 is 1.77 bits per heavy atom. The Hall–Kier alpha value is -3.51. The number of carbonyl (C=O) groups is 2. The van der Waals surface area contributed by atoms with Crippen molar-refractivity contribution in [1.29, 1.82) is 0 Å². The number of carbonyl (C=O) groups excluding carboxylic acids is 2. The standard InChI is InChI=1S/C25H23N3O3/c29-23(27-15-18-10-12-26-13-11-18)22-14-25(17-31-22)21-9-5-4-8-20(21)16-28(25)24(30)19-6-2-1-3-7-19/h1-13,22H,14-17H2,(H,27,29)/t22-,25+/m1/s1. The van der Waals surface area contributed by atoms with E-state index in [4.69, 9.17) is 4.74 Å². The summed E-state index contributed by atoms with van der Waals surface area (Å²) < 4.78 is 6.00. The number of hydrogen-bond donors (Lipinski definition) is 1. The van der Waals surface area contributed by atoms with E-state index < -0.39 is 11.6 Å². The Morgan fingerprint density at radius 1 is 1.03 bits per heavy atom. The van der Waals surface area contributed by atoms with Crippen molar-refractivity contribution in [3.05, 3.63) is 101 Å². The van der Waals surface area contributed by atoms with Crippen LogP contribution >= 0.6 is 0 Å². The molecule has 2 aliphatic heterocycles. The molecule has 6 heteroatoms. The van der Waals surface area contributed by atoms with Crippen LogP contribution in [0.2, 0.25) is 0 Å². The SMILES string of the molecule is O=C(NCc1ccncc1)[C@H]1C[C@]2(CO1)c1ccccc1CN2C(=O)c1ccccc1. The van der Waals surface area contributed by atoms with E-state index in [1.807, 2.05) is 71.6 Å². The summed E-state index contributed by atoms with van der Waals surface area (Å²) in [6.45, 7) is 1.23. The lowest BCUT2D eigenvalue weighted by molar-refractivity contribution is -0.130. The van der Waals surface area contributed by atoms with Crippen LogP contribution in [0.3, 0.4) is 0 Å². The molecule has 0 saturated carbocycles. The monoisotopic (exact) mass is 413 g/mol. The van der Waals surface area contributed by atoms with Gasteiger partial charge in [-0.1, -0.05) is 42.5 Å². The molecule has 2 aromatic carbocycles. The maximum Gasteiger partial charge on any atom is 0.254 e. The molecule has 2 atom stereocenters. The van der Waals surface area contributed by atoms with E-state index in [0.717, 1.165) is 16.7 Å².